The van der Waals surface area contributed by atoms with Gasteiger partial charge in [0.1, 0.15) is 12.2 Å². The van der Waals surface area contributed by atoms with Crippen LogP contribution in [0.2, 0.25) is 0 Å². The van der Waals surface area contributed by atoms with E-state index in [0.29, 0.717) is 11.2 Å². The van der Waals surface area contributed by atoms with E-state index >= 15 is 0 Å². The van der Waals surface area contributed by atoms with Gasteiger partial charge in [0.05, 0.1) is 10.3 Å². The minimum Gasteiger partial charge on any atom is -0.313 e. The molecule has 0 fully saturated rings. The second kappa shape index (κ2) is 7.10. The molecule has 0 aliphatic heterocycles. The van der Waals surface area contributed by atoms with Crippen molar-refractivity contribution in [3.8, 4) is 22.0 Å². The summed E-state index contributed by atoms with van der Waals surface area (Å²) in [5.41, 5.74) is 1.65. The fourth-order valence-electron chi connectivity index (χ4n) is 3.41. The summed E-state index contributed by atoms with van der Waals surface area (Å²) in [6.45, 7) is 0.248. The number of aromatic nitrogens is 5. The first kappa shape index (κ1) is 17.5. The van der Waals surface area contributed by atoms with E-state index in [4.69, 9.17) is 5.10 Å². The summed E-state index contributed by atoms with van der Waals surface area (Å²) >= 11 is 1.61. The first-order valence-electron chi connectivity index (χ1n) is 9.20. The van der Waals surface area contributed by atoms with Crippen LogP contribution in [0, 0.1) is 0 Å². The summed E-state index contributed by atoms with van der Waals surface area (Å²) < 4.78 is 3.39. The number of hydrogen-bond donors (Lipinski definition) is 0. The van der Waals surface area contributed by atoms with Gasteiger partial charge in [0.2, 0.25) is 0 Å². The molecule has 7 heteroatoms. The Labute approximate surface area is 170 Å². The van der Waals surface area contributed by atoms with Crippen molar-refractivity contribution in [2.24, 2.45) is 7.05 Å². The van der Waals surface area contributed by atoms with E-state index in [1.54, 1.807) is 11.3 Å². The monoisotopic (exact) mass is 399 g/mol. The third-order valence-corrected chi connectivity index (χ3v) is 5.79. The molecule has 5 rings (SSSR count). The second-order valence-corrected chi connectivity index (χ2v) is 7.65. The largest absolute Gasteiger partial charge is 0.313 e. The van der Waals surface area contributed by atoms with Crippen molar-refractivity contribution in [3.63, 3.8) is 0 Å². The Bertz CT molecular complexity index is 1350. The minimum atomic E-state index is -0.134. The molecular formula is C22H17N5OS. The molecule has 0 spiro atoms. The van der Waals surface area contributed by atoms with Crippen LogP contribution in [0.5, 0.6) is 0 Å². The SMILES string of the molecule is Cn1c(Cn2nc(-c3cccs3)c3ccccc3c2=O)nnc1-c1ccccc1. The maximum Gasteiger partial charge on any atom is 0.275 e. The Balaban J connectivity index is 1.63. The van der Waals surface area contributed by atoms with Crippen molar-refractivity contribution in [3.05, 3.63) is 88.3 Å². The van der Waals surface area contributed by atoms with Gasteiger partial charge in [0.15, 0.2) is 11.6 Å². The Hall–Kier alpha value is -3.58. The van der Waals surface area contributed by atoms with Crippen molar-refractivity contribution < 1.29 is 0 Å². The zero-order valence-electron chi connectivity index (χ0n) is 15.7. The molecule has 29 heavy (non-hydrogen) atoms. The first-order chi connectivity index (χ1) is 14.2. The molecule has 6 nitrogen and oxygen atoms in total. The lowest BCUT2D eigenvalue weighted by Crippen LogP contribution is -2.25. The summed E-state index contributed by atoms with van der Waals surface area (Å²) in [6.07, 6.45) is 0. The van der Waals surface area contributed by atoms with Crippen molar-refractivity contribution in [2.75, 3.05) is 0 Å². The normalized spacial score (nSPS) is 11.2. The molecule has 3 heterocycles. The van der Waals surface area contributed by atoms with Gasteiger partial charge in [0.25, 0.3) is 5.56 Å². The fourth-order valence-corrected chi connectivity index (χ4v) is 4.13. The zero-order chi connectivity index (χ0) is 19.8. The van der Waals surface area contributed by atoms with Crippen LogP contribution >= 0.6 is 11.3 Å². The predicted molar refractivity (Wildman–Crippen MR) is 115 cm³/mol. The highest BCUT2D eigenvalue weighted by molar-refractivity contribution is 7.13. The lowest BCUT2D eigenvalue weighted by molar-refractivity contribution is 0.605. The molecule has 142 valence electrons. The van der Waals surface area contributed by atoms with Crippen molar-refractivity contribution in [2.45, 2.75) is 6.54 Å². The summed E-state index contributed by atoms with van der Waals surface area (Å²) in [4.78, 5) is 14.1. The van der Waals surface area contributed by atoms with Gasteiger partial charge < -0.3 is 4.57 Å². The molecule has 0 saturated heterocycles. The van der Waals surface area contributed by atoms with Gasteiger partial charge in [0, 0.05) is 18.0 Å². The molecule has 0 radical (unpaired) electrons. The van der Waals surface area contributed by atoms with Crippen molar-refractivity contribution >= 4 is 22.1 Å². The number of benzene rings is 2. The maximum atomic E-state index is 13.1. The Morgan fingerprint density at radius 2 is 1.66 bits per heavy atom. The van der Waals surface area contributed by atoms with Crippen LogP contribution < -0.4 is 5.56 Å². The average molecular weight is 399 g/mol. The molecule has 0 aliphatic carbocycles. The van der Waals surface area contributed by atoms with E-state index in [1.807, 2.05) is 83.7 Å². The van der Waals surface area contributed by atoms with Gasteiger partial charge in [-0.2, -0.15) is 5.10 Å². The minimum absolute atomic E-state index is 0.134. The average Bonchev–Trinajstić information content (AvgIpc) is 3.41. The number of thiophene rings is 1. The molecule has 0 saturated carbocycles. The Morgan fingerprint density at radius 1 is 0.897 bits per heavy atom. The molecule has 0 N–H and O–H groups in total. The molecule has 0 bridgehead atoms. The molecular weight excluding hydrogens is 382 g/mol. The highest BCUT2D eigenvalue weighted by atomic mass is 32.1. The van der Waals surface area contributed by atoms with Crippen LogP contribution in [0.4, 0.5) is 0 Å². The highest BCUT2D eigenvalue weighted by Crippen LogP contribution is 2.28. The molecule has 2 aromatic carbocycles. The Kier molecular flexibility index (Phi) is 4.29. The lowest BCUT2D eigenvalue weighted by Gasteiger charge is -2.10. The Morgan fingerprint density at radius 3 is 2.41 bits per heavy atom. The first-order valence-corrected chi connectivity index (χ1v) is 10.1. The second-order valence-electron chi connectivity index (χ2n) is 6.70. The van der Waals surface area contributed by atoms with E-state index in [1.165, 1.54) is 4.68 Å². The maximum absolute atomic E-state index is 13.1. The number of hydrogen-bond acceptors (Lipinski definition) is 5. The van der Waals surface area contributed by atoms with Gasteiger partial charge in [-0.1, -0.05) is 54.6 Å². The van der Waals surface area contributed by atoms with E-state index in [9.17, 15) is 4.79 Å². The van der Waals surface area contributed by atoms with E-state index in [-0.39, 0.29) is 12.1 Å². The van der Waals surface area contributed by atoms with Crippen molar-refractivity contribution in [1.82, 2.24) is 24.5 Å². The third-order valence-electron chi connectivity index (χ3n) is 4.91. The number of nitrogens with zero attached hydrogens (tertiary/aromatic N) is 5. The smallest absolute Gasteiger partial charge is 0.275 e. The zero-order valence-corrected chi connectivity index (χ0v) is 16.5. The molecule has 0 amide bonds. The fraction of sp³-hybridized carbons (Fsp3) is 0.0909. The van der Waals surface area contributed by atoms with Crippen LogP contribution in [-0.4, -0.2) is 24.5 Å². The van der Waals surface area contributed by atoms with Crippen LogP contribution in [0.25, 0.3) is 32.7 Å². The number of fused-ring (bicyclic) bond motifs is 1. The standard InChI is InChI=1S/C22H17N5OS/c1-26-19(23-24-21(26)15-8-3-2-4-9-15)14-27-22(28)17-11-6-5-10-16(17)20(25-27)18-12-7-13-29-18/h2-13H,14H2,1H3. The molecule has 5 aromatic rings. The van der Waals surface area contributed by atoms with Crippen molar-refractivity contribution in [1.29, 1.82) is 0 Å². The van der Waals surface area contributed by atoms with Crippen LogP contribution in [0.15, 0.2) is 76.9 Å². The van der Waals surface area contributed by atoms with Gasteiger partial charge in [-0.25, -0.2) is 4.68 Å². The summed E-state index contributed by atoms with van der Waals surface area (Å²) in [5, 5.41) is 16.8. The van der Waals surface area contributed by atoms with Gasteiger partial charge in [-0.3, -0.25) is 4.79 Å². The quantitative estimate of drug-likeness (QED) is 0.459. The predicted octanol–water partition coefficient (Wildman–Crippen LogP) is 3.97. The van der Waals surface area contributed by atoms with Gasteiger partial charge in [-0.05, 0) is 17.5 Å². The molecule has 0 aliphatic rings. The summed E-state index contributed by atoms with van der Waals surface area (Å²) in [5.74, 6) is 1.43. The molecule has 0 unspecified atom stereocenters. The summed E-state index contributed by atoms with van der Waals surface area (Å²) in [6, 6.07) is 21.5. The topological polar surface area (TPSA) is 65.6 Å². The third kappa shape index (κ3) is 3.05. The molecule has 0 atom stereocenters. The van der Waals surface area contributed by atoms with E-state index in [0.717, 1.165) is 27.3 Å². The van der Waals surface area contributed by atoms with Crippen LogP contribution in [-0.2, 0) is 13.6 Å². The summed E-state index contributed by atoms with van der Waals surface area (Å²) in [7, 11) is 1.91. The van der Waals surface area contributed by atoms with E-state index in [2.05, 4.69) is 10.2 Å². The van der Waals surface area contributed by atoms with Crippen LogP contribution in [0.1, 0.15) is 5.82 Å². The lowest BCUT2D eigenvalue weighted by atomic mass is 10.1. The van der Waals surface area contributed by atoms with Crippen LogP contribution in [0.3, 0.4) is 0 Å². The highest BCUT2D eigenvalue weighted by Gasteiger charge is 2.16. The van der Waals surface area contributed by atoms with Gasteiger partial charge >= 0.3 is 0 Å². The number of rotatable bonds is 4. The van der Waals surface area contributed by atoms with E-state index < -0.39 is 0 Å². The van der Waals surface area contributed by atoms with Gasteiger partial charge in [-0.15, -0.1) is 21.5 Å². The molecule has 3 aromatic heterocycles.